The van der Waals surface area contributed by atoms with Gasteiger partial charge in [0.2, 0.25) is 5.91 Å². The summed E-state index contributed by atoms with van der Waals surface area (Å²) < 4.78 is 12.8. The number of nitrogens with zero attached hydrogens (tertiary/aromatic N) is 5. The summed E-state index contributed by atoms with van der Waals surface area (Å²) >= 11 is 0. The third-order valence-electron chi connectivity index (χ3n) is 5.93. The third kappa shape index (κ3) is 5.39. The molecular formula is C26H30N6O3. The molecule has 9 heteroatoms. The minimum Gasteiger partial charge on any atom is -0.497 e. The maximum atomic E-state index is 12.6. The van der Waals surface area contributed by atoms with Crippen LogP contribution in [0.1, 0.15) is 23.6 Å². The molecule has 9 nitrogen and oxygen atoms in total. The number of benzene rings is 1. The van der Waals surface area contributed by atoms with Crippen LogP contribution in [0.5, 0.6) is 11.5 Å². The van der Waals surface area contributed by atoms with Crippen LogP contribution in [0.2, 0.25) is 0 Å². The fourth-order valence-electron chi connectivity index (χ4n) is 4.14. The maximum Gasteiger partial charge on any atom is 0.246 e. The molecule has 3 aromatic rings. The van der Waals surface area contributed by atoms with Crippen molar-refractivity contribution in [1.82, 2.24) is 24.3 Å². The molecule has 1 fully saturated rings. The van der Waals surface area contributed by atoms with Gasteiger partial charge in [-0.25, -0.2) is 9.97 Å². The number of nitrogen functional groups attached to an aromatic ring is 1. The lowest BCUT2D eigenvalue weighted by molar-refractivity contribution is -0.125. The third-order valence-corrected chi connectivity index (χ3v) is 5.93. The number of methoxy groups -OCH3 is 2. The zero-order chi connectivity index (χ0) is 24.9. The molecular weight excluding hydrogens is 444 g/mol. The van der Waals surface area contributed by atoms with Crippen LogP contribution in [-0.4, -0.2) is 78.2 Å². The fraction of sp³-hybridized carbons (Fsp3) is 0.346. The number of anilines is 1. The molecule has 0 radical (unpaired) electrons. The number of fused-ring (bicyclic) bond motifs is 1. The van der Waals surface area contributed by atoms with Crippen LogP contribution in [0, 0.1) is 11.8 Å². The van der Waals surface area contributed by atoms with E-state index in [0.29, 0.717) is 41.4 Å². The second kappa shape index (κ2) is 10.5. The highest BCUT2D eigenvalue weighted by molar-refractivity contribution is 5.92. The number of ether oxygens (including phenoxy) is 2. The number of carbonyl (C=O) groups is 1. The van der Waals surface area contributed by atoms with Crippen molar-refractivity contribution < 1.29 is 14.3 Å². The van der Waals surface area contributed by atoms with Crippen LogP contribution in [0.3, 0.4) is 0 Å². The Morgan fingerprint density at radius 3 is 2.63 bits per heavy atom. The fourth-order valence-corrected chi connectivity index (χ4v) is 4.14. The summed E-state index contributed by atoms with van der Waals surface area (Å²) in [4.78, 5) is 25.2. The van der Waals surface area contributed by atoms with E-state index in [9.17, 15) is 4.79 Å². The largest absolute Gasteiger partial charge is 0.497 e. The van der Waals surface area contributed by atoms with Crippen LogP contribution in [0.4, 0.5) is 5.82 Å². The quantitative estimate of drug-likeness (QED) is 0.432. The van der Waals surface area contributed by atoms with E-state index in [1.807, 2.05) is 48.3 Å². The zero-order valence-corrected chi connectivity index (χ0v) is 20.5. The summed E-state index contributed by atoms with van der Waals surface area (Å²) in [6.07, 6.45) is 7.77. The molecule has 3 heterocycles. The van der Waals surface area contributed by atoms with E-state index in [0.717, 1.165) is 24.1 Å². The number of likely N-dealkylation sites (N-methyl/N-ethyl adjacent to an activating group) is 1. The molecule has 1 atom stereocenters. The predicted molar refractivity (Wildman–Crippen MR) is 135 cm³/mol. The van der Waals surface area contributed by atoms with E-state index in [1.54, 1.807) is 26.4 Å². The second-order valence-electron chi connectivity index (χ2n) is 8.65. The molecule has 4 rings (SSSR count). The van der Waals surface area contributed by atoms with E-state index in [2.05, 4.69) is 26.4 Å². The Labute approximate surface area is 205 Å². The highest BCUT2D eigenvalue weighted by atomic mass is 16.5. The van der Waals surface area contributed by atoms with Crippen LogP contribution in [0.15, 0.2) is 42.9 Å². The van der Waals surface area contributed by atoms with Gasteiger partial charge in [-0.2, -0.15) is 0 Å². The molecule has 2 aromatic heterocycles. The minimum atomic E-state index is 0.0203. The van der Waals surface area contributed by atoms with Gasteiger partial charge in [0.15, 0.2) is 0 Å². The van der Waals surface area contributed by atoms with Crippen molar-refractivity contribution in [2.45, 2.75) is 12.5 Å². The smallest absolute Gasteiger partial charge is 0.246 e. The summed E-state index contributed by atoms with van der Waals surface area (Å²) in [5.41, 5.74) is 8.43. The Hall–Kier alpha value is -4.03. The standard InChI is InChI=1S/C26H30N6O3/c1-30(2)10-5-6-23(33)31-11-9-20(16-31)32-15-19(24-25(27)28-17-29-26(24)32)8-7-18-12-21(34-3)14-22(13-18)35-4/h5-6,12-15,17,20H,9-11,16H2,1-4H3,(H2,27,28,29). The van der Waals surface area contributed by atoms with Crippen molar-refractivity contribution in [3.8, 4) is 23.3 Å². The average Bonchev–Trinajstić information content (AvgIpc) is 3.48. The number of aromatic nitrogens is 3. The summed E-state index contributed by atoms with van der Waals surface area (Å²) in [5.74, 6) is 8.12. The van der Waals surface area contributed by atoms with Crippen LogP contribution >= 0.6 is 0 Å². The number of hydrogen-bond donors (Lipinski definition) is 1. The maximum absolute atomic E-state index is 12.6. The summed E-state index contributed by atoms with van der Waals surface area (Å²) in [7, 11) is 7.14. The highest BCUT2D eigenvalue weighted by Crippen LogP contribution is 2.31. The Bertz CT molecular complexity index is 1300. The molecule has 35 heavy (non-hydrogen) atoms. The first-order valence-corrected chi connectivity index (χ1v) is 11.4. The van der Waals surface area contributed by atoms with Gasteiger partial charge >= 0.3 is 0 Å². The number of carbonyl (C=O) groups excluding carboxylic acids is 1. The number of nitrogens with two attached hydrogens (primary N) is 1. The van der Waals surface area contributed by atoms with Crippen molar-refractivity contribution >= 4 is 22.8 Å². The van der Waals surface area contributed by atoms with E-state index >= 15 is 0 Å². The Morgan fingerprint density at radius 1 is 1.20 bits per heavy atom. The van der Waals surface area contributed by atoms with Gasteiger partial charge < -0.3 is 29.6 Å². The number of amides is 1. The highest BCUT2D eigenvalue weighted by Gasteiger charge is 2.28. The van der Waals surface area contributed by atoms with Crippen molar-refractivity contribution in [3.63, 3.8) is 0 Å². The minimum absolute atomic E-state index is 0.0203. The van der Waals surface area contributed by atoms with Gasteiger partial charge in [-0.3, -0.25) is 4.79 Å². The zero-order valence-electron chi connectivity index (χ0n) is 20.5. The molecule has 1 aromatic carbocycles. The number of likely N-dealkylation sites (tertiary alicyclic amines) is 1. The molecule has 1 aliphatic rings. The first-order chi connectivity index (χ1) is 16.9. The summed E-state index contributed by atoms with van der Waals surface area (Å²) in [6, 6.07) is 5.56. The summed E-state index contributed by atoms with van der Waals surface area (Å²) in [5, 5.41) is 0.713. The topological polar surface area (TPSA) is 98.7 Å². The lowest BCUT2D eigenvalue weighted by Gasteiger charge is -2.16. The normalized spacial score (nSPS) is 15.6. The van der Waals surface area contributed by atoms with Crippen LogP contribution in [-0.2, 0) is 4.79 Å². The van der Waals surface area contributed by atoms with Crippen molar-refractivity contribution in [2.75, 3.05) is 53.7 Å². The van der Waals surface area contributed by atoms with Crippen molar-refractivity contribution in [2.24, 2.45) is 0 Å². The van der Waals surface area contributed by atoms with Crippen molar-refractivity contribution in [3.05, 3.63) is 54.0 Å². The summed E-state index contributed by atoms with van der Waals surface area (Å²) in [6.45, 7) is 2.00. The lowest BCUT2D eigenvalue weighted by Crippen LogP contribution is -2.27. The van der Waals surface area contributed by atoms with Gasteiger partial charge in [0, 0.05) is 43.5 Å². The number of hydrogen-bond acceptors (Lipinski definition) is 7. The van der Waals surface area contributed by atoms with E-state index in [4.69, 9.17) is 15.2 Å². The molecule has 0 aliphatic carbocycles. The first kappa shape index (κ1) is 24.1. The molecule has 182 valence electrons. The van der Waals surface area contributed by atoms with Crippen molar-refractivity contribution in [1.29, 1.82) is 0 Å². The van der Waals surface area contributed by atoms with Gasteiger partial charge in [0.25, 0.3) is 0 Å². The monoisotopic (exact) mass is 474 g/mol. The van der Waals surface area contributed by atoms with E-state index in [-0.39, 0.29) is 11.9 Å². The molecule has 1 saturated heterocycles. The second-order valence-corrected chi connectivity index (χ2v) is 8.65. The van der Waals surface area contributed by atoms with Gasteiger partial charge in [0.05, 0.1) is 31.2 Å². The van der Waals surface area contributed by atoms with Crippen LogP contribution in [0.25, 0.3) is 11.0 Å². The Kier molecular flexibility index (Phi) is 7.22. The van der Waals surface area contributed by atoms with E-state index < -0.39 is 0 Å². The molecule has 2 N–H and O–H groups in total. The van der Waals surface area contributed by atoms with Crippen LogP contribution < -0.4 is 15.2 Å². The van der Waals surface area contributed by atoms with Gasteiger partial charge in [-0.05, 0) is 32.6 Å². The van der Waals surface area contributed by atoms with E-state index in [1.165, 1.54) is 6.33 Å². The lowest BCUT2D eigenvalue weighted by atomic mass is 10.1. The first-order valence-electron chi connectivity index (χ1n) is 11.4. The van der Waals surface area contributed by atoms with Gasteiger partial charge in [-0.1, -0.05) is 17.9 Å². The molecule has 1 amide bonds. The molecule has 1 aliphatic heterocycles. The molecule has 1 unspecified atom stereocenters. The molecule has 0 saturated carbocycles. The number of rotatable bonds is 6. The van der Waals surface area contributed by atoms with Gasteiger partial charge in [-0.15, -0.1) is 0 Å². The SMILES string of the molecule is COc1cc(C#Cc2cn(C3CCN(C(=O)C=CCN(C)C)C3)c3ncnc(N)c23)cc(OC)c1. The predicted octanol–water partition coefficient (Wildman–Crippen LogP) is 2.32. The Balaban J connectivity index is 1.63. The van der Waals surface area contributed by atoms with Gasteiger partial charge in [0.1, 0.15) is 29.3 Å². The molecule has 0 bridgehead atoms. The molecule has 0 spiro atoms. The Morgan fingerprint density at radius 2 is 1.94 bits per heavy atom. The average molecular weight is 475 g/mol.